The van der Waals surface area contributed by atoms with Crippen molar-refractivity contribution in [3.63, 3.8) is 0 Å². The van der Waals surface area contributed by atoms with Gasteiger partial charge in [-0.25, -0.2) is 4.98 Å². The SMILES string of the molecule is CCCOc1c(OC)cc(/C=N\Nc2nc(-c3ccc(C)cc3)cs2)cc1[N+](=O)[O-]. The monoisotopic (exact) mass is 426 g/mol. The predicted molar refractivity (Wildman–Crippen MR) is 119 cm³/mol. The first-order valence-corrected chi connectivity index (χ1v) is 10.2. The minimum Gasteiger partial charge on any atom is -0.493 e. The average molecular weight is 426 g/mol. The van der Waals surface area contributed by atoms with E-state index in [4.69, 9.17) is 9.47 Å². The first-order chi connectivity index (χ1) is 14.5. The first-order valence-electron chi connectivity index (χ1n) is 9.32. The maximum absolute atomic E-state index is 11.5. The highest BCUT2D eigenvalue weighted by molar-refractivity contribution is 7.14. The lowest BCUT2D eigenvalue weighted by Gasteiger charge is -2.11. The molecule has 0 aliphatic rings. The molecule has 1 aromatic heterocycles. The van der Waals surface area contributed by atoms with Crippen LogP contribution in [0.1, 0.15) is 24.5 Å². The van der Waals surface area contributed by atoms with Gasteiger partial charge in [0.15, 0.2) is 5.75 Å². The molecule has 0 saturated carbocycles. The van der Waals surface area contributed by atoms with Crippen molar-refractivity contribution in [1.82, 2.24) is 4.98 Å². The standard InChI is InChI=1S/C21H22N4O4S/c1-4-9-29-20-18(25(26)27)10-15(11-19(20)28-3)12-22-24-21-23-17(13-30-21)16-7-5-14(2)6-8-16/h5-8,10-13H,4,9H2,1-3H3,(H,23,24)/b22-12-. The summed E-state index contributed by atoms with van der Waals surface area (Å²) in [6, 6.07) is 11.2. The van der Waals surface area contributed by atoms with E-state index >= 15 is 0 Å². The summed E-state index contributed by atoms with van der Waals surface area (Å²) >= 11 is 1.42. The molecule has 0 bridgehead atoms. The Kier molecular flexibility index (Phi) is 6.97. The Bertz CT molecular complexity index is 1050. The Morgan fingerprint density at radius 1 is 1.30 bits per heavy atom. The van der Waals surface area contributed by atoms with Crippen molar-refractivity contribution in [3.8, 4) is 22.8 Å². The normalized spacial score (nSPS) is 10.9. The van der Waals surface area contributed by atoms with Crippen LogP contribution in [0.4, 0.5) is 10.8 Å². The van der Waals surface area contributed by atoms with Gasteiger partial charge < -0.3 is 9.47 Å². The van der Waals surface area contributed by atoms with Crippen LogP contribution in [0.2, 0.25) is 0 Å². The molecule has 0 unspecified atom stereocenters. The number of rotatable bonds is 9. The van der Waals surface area contributed by atoms with Crippen molar-refractivity contribution in [1.29, 1.82) is 0 Å². The van der Waals surface area contributed by atoms with Crippen LogP contribution in [0.25, 0.3) is 11.3 Å². The molecular weight excluding hydrogens is 404 g/mol. The molecule has 0 spiro atoms. The summed E-state index contributed by atoms with van der Waals surface area (Å²) in [6.07, 6.45) is 2.21. The lowest BCUT2D eigenvalue weighted by atomic mass is 10.1. The largest absolute Gasteiger partial charge is 0.493 e. The van der Waals surface area contributed by atoms with Crippen LogP contribution in [0.5, 0.6) is 11.5 Å². The van der Waals surface area contributed by atoms with Crippen molar-refractivity contribution in [2.45, 2.75) is 20.3 Å². The third-order valence-corrected chi connectivity index (χ3v) is 4.90. The van der Waals surface area contributed by atoms with Gasteiger partial charge in [-0.15, -0.1) is 11.3 Å². The van der Waals surface area contributed by atoms with E-state index in [9.17, 15) is 10.1 Å². The predicted octanol–water partition coefficient (Wildman–Crippen LogP) is 5.27. The molecule has 8 nitrogen and oxygen atoms in total. The van der Waals surface area contributed by atoms with E-state index < -0.39 is 4.92 Å². The molecule has 0 radical (unpaired) electrons. The number of nitro groups is 1. The molecule has 0 atom stereocenters. The Morgan fingerprint density at radius 2 is 2.07 bits per heavy atom. The lowest BCUT2D eigenvalue weighted by Crippen LogP contribution is -2.03. The number of ether oxygens (including phenoxy) is 2. The number of hydrogen-bond donors (Lipinski definition) is 1. The first kappa shape index (κ1) is 21.3. The highest BCUT2D eigenvalue weighted by Crippen LogP contribution is 2.38. The molecule has 1 heterocycles. The lowest BCUT2D eigenvalue weighted by molar-refractivity contribution is -0.386. The van der Waals surface area contributed by atoms with Gasteiger partial charge in [0.25, 0.3) is 0 Å². The number of aromatic nitrogens is 1. The Balaban J connectivity index is 1.76. The second-order valence-corrected chi connectivity index (χ2v) is 7.31. The molecule has 0 amide bonds. The summed E-state index contributed by atoms with van der Waals surface area (Å²) < 4.78 is 10.8. The summed E-state index contributed by atoms with van der Waals surface area (Å²) in [5.74, 6) is 0.409. The van der Waals surface area contributed by atoms with Gasteiger partial charge in [0.05, 0.1) is 30.5 Å². The number of anilines is 1. The van der Waals surface area contributed by atoms with Crippen molar-refractivity contribution in [2.24, 2.45) is 5.10 Å². The fourth-order valence-corrected chi connectivity index (χ4v) is 3.33. The van der Waals surface area contributed by atoms with Gasteiger partial charge in [-0.3, -0.25) is 15.5 Å². The third kappa shape index (κ3) is 5.12. The fourth-order valence-electron chi connectivity index (χ4n) is 2.66. The molecular formula is C21H22N4O4S. The van der Waals surface area contributed by atoms with Gasteiger partial charge >= 0.3 is 5.69 Å². The maximum atomic E-state index is 11.5. The minimum absolute atomic E-state index is 0.122. The summed E-state index contributed by atoms with van der Waals surface area (Å²) in [4.78, 5) is 15.5. The van der Waals surface area contributed by atoms with Crippen LogP contribution in [-0.2, 0) is 0 Å². The summed E-state index contributed by atoms with van der Waals surface area (Å²) in [7, 11) is 1.44. The van der Waals surface area contributed by atoms with Crippen LogP contribution in [0.15, 0.2) is 46.9 Å². The zero-order valence-corrected chi connectivity index (χ0v) is 17.7. The zero-order chi connectivity index (χ0) is 21.5. The van der Waals surface area contributed by atoms with E-state index in [2.05, 4.69) is 15.5 Å². The number of nitrogens with one attached hydrogen (secondary N) is 1. The molecule has 30 heavy (non-hydrogen) atoms. The molecule has 0 fully saturated rings. The highest BCUT2D eigenvalue weighted by atomic mass is 32.1. The topological polar surface area (TPSA) is 98.9 Å². The number of benzene rings is 2. The second-order valence-electron chi connectivity index (χ2n) is 6.45. The van der Waals surface area contributed by atoms with Crippen LogP contribution >= 0.6 is 11.3 Å². The fraction of sp³-hybridized carbons (Fsp3) is 0.238. The van der Waals surface area contributed by atoms with Gasteiger partial charge in [-0.2, -0.15) is 5.10 Å². The van der Waals surface area contributed by atoms with E-state index in [0.717, 1.165) is 17.7 Å². The van der Waals surface area contributed by atoms with Crippen LogP contribution in [0.3, 0.4) is 0 Å². The zero-order valence-electron chi connectivity index (χ0n) is 16.9. The van der Waals surface area contributed by atoms with Gasteiger partial charge in [0.2, 0.25) is 10.9 Å². The van der Waals surface area contributed by atoms with E-state index in [1.165, 1.54) is 36.3 Å². The number of hydrazone groups is 1. The Labute approximate surface area is 178 Å². The number of thiazole rings is 1. The molecule has 3 rings (SSSR count). The van der Waals surface area contributed by atoms with Gasteiger partial charge in [-0.05, 0) is 19.4 Å². The Hall–Kier alpha value is -3.46. The van der Waals surface area contributed by atoms with E-state index in [1.807, 2.05) is 43.5 Å². The molecule has 3 aromatic rings. The van der Waals surface area contributed by atoms with Crippen molar-refractivity contribution >= 4 is 28.4 Å². The molecule has 156 valence electrons. The van der Waals surface area contributed by atoms with Crippen molar-refractivity contribution in [3.05, 3.63) is 63.0 Å². The van der Waals surface area contributed by atoms with Crippen LogP contribution in [-0.4, -0.2) is 29.8 Å². The third-order valence-electron chi connectivity index (χ3n) is 4.15. The number of nitrogens with zero attached hydrogens (tertiary/aromatic N) is 3. The average Bonchev–Trinajstić information content (AvgIpc) is 3.21. The van der Waals surface area contributed by atoms with E-state index in [-0.39, 0.29) is 17.2 Å². The number of nitro benzene ring substituents is 1. The van der Waals surface area contributed by atoms with Crippen molar-refractivity contribution < 1.29 is 14.4 Å². The molecule has 9 heteroatoms. The summed E-state index contributed by atoms with van der Waals surface area (Å²) in [5.41, 5.74) is 6.27. The molecule has 0 saturated heterocycles. The van der Waals surface area contributed by atoms with Gasteiger partial charge in [-0.1, -0.05) is 36.8 Å². The van der Waals surface area contributed by atoms with E-state index in [1.54, 1.807) is 6.07 Å². The molecule has 1 N–H and O–H groups in total. The van der Waals surface area contributed by atoms with Crippen molar-refractivity contribution in [2.75, 3.05) is 19.1 Å². The Morgan fingerprint density at radius 3 is 2.73 bits per heavy atom. The number of hydrogen-bond acceptors (Lipinski definition) is 8. The number of methoxy groups -OCH3 is 1. The second kappa shape index (κ2) is 9.84. The van der Waals surface area contributed by atoms with Gasteiger partial charge in [0.1, 0.15) is 0 Å². The maximum Gasteiger partial charge on any atom is 0.315 e. The summed E-state index contributed by atoms with van der Waals surface area (Å²) in [6.45, 7) is 4.32. The number of aryl methyl sites for hydroxylation is 1. The highest BCUT2D eigenvalue weighted by Gasteiger charge is 2.21. The minimum atomic E-state index is -0.493. The van der Waals surface area contributed by atoms with Gasteiger partial charge in [0, 0.05) is 22.6 Å². The molecule has 0 aliphatic heterocycles. The van der Waals surface area contributed by atoms with Crippen LogP contribution in [0, 0.1) is 17.0 Å². The summed E-state index contributed by atoms with van der Waals surface area (Å²) in [5, 5.41) is 18.2. The molecule has 0 aliphatic carbocycles. The smallest absolute Gasteiger partial charge is 0.315 e. The van der Waals surface area contributed by atoms with Crippen LogP contribution < -0.4 is 14.9 Å². The molecule has 2 aromatic carbocycles. The van der Waals surface area contributed by atoms with E-state index in [0.29, 0.717) is 17.3 Å². The quantitative estimate of drug-likeness (QED) is 0.284.